The Bertz CT molecular complexity index is 1050. The van der Waals surface area contributed by atoms with Crippen molar-refractivity contribution in [1.82, 2.24) is 4.57 Å². The van der Waals surface area contributed by atoms with Gasteiger partial charge in [-0.25, -0.2) is 9.18 Å². The molecule has 28 heavy (non-hydrogen) atoms. The van der Waals surface area contributed by atoms with Crippen molar-refractivity contribution in [2.75, 3.05) is 25.7 Å². The molecular weight excluding hydrogens is 361 g/mol. The second-order valence-corrected chi connectivity index (χ2v) is 5.99. The summed E-state index contributed by atoms with van der Waals surface area (Å²) in [6, 6.07) is 15.0. The molecular formula is C21H20FN3O3. The standard InChI is InChI=1S/C21H20FN3O3/c1-3-25-19-12-16(27-2)7-8-17(19)18(13-23)20(25)14-5-4-6-15(11-14)24-21(26)28-10-9-22/h4-8,11-12H,3,9-10H2,1-2H3,(H,24,26). The van der Waals surface area contributed by atoms with E-state index in [4.69, 9.17) is 9.47 Å². The SMILES string of the molecule is CCn1c(-c2cccc(NC(=O)OCCF)c2)c(C#N)c2ccc(OC)cc21. The van der Waals surface area contributed by atoms with Crippen molar-refractivity contribution < 1.29 is 18.7 Å². The van der Waals surface area contributed by atoms with E-state index in [1.807, 2.05) is 35.8 Å². The number of alkyl halides is 1. The molecule has 0 bridgehead atoms. The molecule has 3 rings (SSSR count). The monoisotopic (exact) mass is 381 g/mol. The number of methoxy groups -OCH3 is 1. The van der Waals surface area contributed by atoms with Crippen molar-refractivity contribution in [2.45, 2.75) is 13.5 Å². The first-order valence-electron chi connectivity index (χ1n) is 8.83. The molecule has 0 atom stereocenters. The van der Waals surface area contributed by atoms with Crippen molar-refractivity contribution in [2.24, 2.45) is 0 Å². The number of halogens is 1. The van der Waals surface area contributed by atoms with Gasteiger partial charge < -0.3 is 14.0 Å². The van der Waals surface area contributed by atoms with Crippen molar-refractivity contribution in [3.05, 3.63) is 48.0 Å². The molecule has 0 aliphatic carbocycles. The Hall–Kier alpha value is -3.53. The first-order chi connectivity index (χ1) is 13.6. The number of fused-ring (bicyclic) bond motifs is 1. The Morgan fingerprint density at radius 3 is 2.79 bits per heavy atom. The van der Waals surface area contributed by atoms with Gasteiger partial charge in [-0.2, -0.15) is 5.26 Å². The maximum Gasteiger partial charge on any atom is 0.411 e. The van der Waals surface area contributed by atoms with E-state index in [0.717, 1.165) is 22.2 Å². The number of nitriles is 1. The van der Waals surface area contributed by atoms with Gasteiger partial charge in [0.2, 0.25) is 0 Å². The predicted octanol–water partition coefficient (Wildman–Crippen LogP) is 4.73. The Labute approximate surface area is 162 Å². The lowest BCUT2D eigenvalue weighted by atomic mass is 10.1. The van der Waals surface area contributed by atoms with Crippen LogP contribution in [0.3, 0.4) is 0 Å². The molecule has 7 heteroatoms. The molecule has 1 N–H and O–H groups in total. The molecule has 0 radical (unpaired) electrons. The summed E-state index contributed by atoms with van der Waals surface area (Å²) in [6.07, 6.45) is -0.726. The third-order valence-electron chi connectivity index (χ3n) is 4.39. The zero-order chi connectivity index (χ0) is 20.1. The summed E-state index contributed by atoms with van der Waals surface area (Å²) in [5.41, 5.74) is 3.48. The molecule has 0 spiro atoms. The van der Waals surface area contributed by atoms with Gasteiger partial charge in [-0.3, -0.25) is 5.32 Å². The molecule has 3 aromatic rings. The highest BCUT2D eigenvalue weighted by atomic mass is 19.1. The third-order valence-corrected chi connectivity index (χ3v) is 4.39. The van der Waals surface area contributed by atoms with Crippen LogP contribution >= 0.6 is 0 Å². The number of amides is 1. The lowest BCUT2D eigenvalue weighted by Crippen LogP contribution is -2.15. The average Bonchev–Trinajstić information content (AvgIpc) is 3.04. The fraction of sp³-hybridized carbons (Fsp3) is 0.238. The van der Waals surface area contributed by atoms with E-state index in [1.54, 1.807) is 25.3 Å². The van der Waals surface area contributed by atoms with Crippen LogP contribution in [0.2, 0.25) is 0 Å². The zero-order valence-electron chi connectivity index (χ0n) is 15.7. The Kier molecular flexibility index (Phi) is 5.80. The maximum absolute atomic E-state index is 12.2. The quantitative estimate of drug-likeness (QED) is 0.670. The Morgan fingerprint density at radius 1 is 1.29 bits per heavy atom. The van der Waals surface area contributed by atoms with Gasteiger partial charge in [-0.1, -0.05) is 12.1 Å². The summed E-state index contributed by atoms with van der Waals surface area (Å²) in [4.78, 5) is 11.7. The Morgan fingerprint density at radius 2 is 2.11 bits per heavy atom. The number of carbonyl (C=O) groups is 1. The predicted molar refractivity (Wildman–Crippen MR) is 105 cm³/mol. The van der Waals surface area contributed by atoms with E-state index in [1.165, 1.54) is 0 Å². The molecule has 0 aliphatic heterocycles. The summed E-state index contributed by atoms with van der Waals surface area (Å²) < 4.78 is 24.2. The minimum absolute atomic E-state index is 0.296. The minimum atomic E-state index is -0.737. The topological polar surface area (TPSA) is 76.3 Å². The van der Waals surface area contributed by atoms with Gasteiger partial charge in [0, 0.05) is 29.2 Å². The van der Waals surface area contributed by atoms with Gasteiger partial charge in [-0.05, 0) is 31.2 Å². The number of hydrogen-bond donors (Lipinski definition) is 1. The third kappa shape index (κ3) is 3.62. The first kappa shape index (κ1) is 19.2. The lowest BCUT2D eigenvalue weighted by Gasteiger charge is -2.11. The number of nitrogens with one attached hydrogen (secondary N) is 1. The number of benzene rings is 2. The van der Waals surface area contributed by atoms with Gasteiger partial charge in [0.15, 0.2) is 0 Å². The summed E-state index contributed by atoms with van der Waals surface area (Å²) in [6.45, 7) is 1.62. The van der Waals surface area contributed by atoms with Crippen molar-refractivity contribution in [1.29, 1.82) is 5.26 Å². The lowest BCUT2D eigenvalue weighted by molar-refractivity contribution is 0.152. The molecule has 2 aromatic carbocycles. The van der Waals surface area contributed by atoms with Crippen molar-refractivity contribution >= 4 is 22.7 Å². The Balaban J connectivity index is 2.09. The number of rotatable bonds is 6. The van der Waals surface area contributed by atoms with Crippen LogP contribution in [0.25, 0.3) is 22.2 Å². The molecule has 0 saturated heterocycles. The summed E-state index contributed by atoms with van der Waals surface area (Å²) in [7, 11) is 1.60. The number of aromatic nitrogens is 1. The number of hydrogen-bond acceptors (Lipinski definition) is 4. The van der Waals surface area contributed by atoms with Gasteiger partial charge in [0.1, 0.15) is 25.1 Å². The van der Waals surface area contributed by atoms with E-state index >= 15 is 0 Å². The largest absolute Gasteiger partial charge is 0.497 e. The number of nitrogens with zero attached hydrogens (tertiary/aromatic N) is 2. The molecule has 0 unspecified atom stereocenters. The summed E-state index contributed by atoms with van der Waals surface area (Å²) >= 11 is 0. The number of aryl methyl sites for hydroxylation is 1. The number of carbonyl (C=O) groups excluding carboxylic acids is 1. The van der Waals surface area contributed by atoms with Crippen LogP contribution < -0.4 is 10.1 Å². The highest BCUT2D eigenvalue weighted by molar-refractivity contribution is 5.96. The molecule has 0 fully saturated rings. The van der Waals surface area contributed by atoms with E-state index in [0.29, 0.717) is 23.5 Å². The minimum Gasteiger partial charge on any atom is -0.497 e. The van der Waals surface area contributed by atoms with Crippen LogP contribution in [0, 0.1) is 11.3 Å². The second kappa shape index (κ2) is 8.44. The molecule has 1 amide bonds. The van der Waals surface area contributed by atoms with Gasteiger partial charge >= 0.3 is 6.09 Å². The normalized spacial score (nSPS) is 10.5. The van der Waals surface area contributed by atoms with E-state index < -0.39 is 12.8 Å². The summed E-state index contributed by atoms with van der Waals surface area (Å²) in [5.74, 6) is 0.710. The van der Waals surface area contributed by atoms with Gasteiger partial charge in [-0.15, -0.1) is 0 Å². The van der Waals surface area contributed by atoms with Crippen LogP contribution in [-0.4, -0.2) is 31.1 Å². The number of anilines is 1. The second-order valence-electron chi connectivity index (χ2n) is 5.99. The van der Waals surface area contributed by atoms with Crippen molar-refractivity contribution in [3.63, 3.8) is 0 Å². The molecule has 1 heterocycles. The number of ether oxygens (including phenoxy) is 2. The molecule has 0 saturated carbocycles. The zero-order valence-corrected chi connectivity index (χ0v) is 15.7. The van der Waals surface area contributed by atoms with E-state index in [-0.39, 0.29) is 6.61 Å². The van der Waals surface area contributed by atoms with Crippen LogP contribution in [-0.2, 0) is 11.3 Å². The van der Waals surface area contributed by atoms with Crippen LogP contribution in [0.4, 0.5) is 14.9 Å². The highest BCUT2D eigenvalue weighted by Crippen LogP contribution is 2.36. The molecule has 144 valence electrons. The van der Waals surface area contributed by atoms with Crippen LogP contribution in [0.15, 0.2) is 42.5 Å². The molecule has 6 nitrogen and oxygen atoms in total. The molecule has 1 aromatic heterocycles. The highest BCUT2D eigenvalue weighted by Gasteiger charge is 2.19. The van der Waals surface area contributed by atoms with Gasteiger partial charge in [0.05, 0.1) is 23.9 Å². The molecule has 0 aliphatic rings. The average molecular weight is 381 g/mol. The fourth-order valence-electron chi connectivity index (χ4n) is 3.23. The van der Waals surface area contributed by atoms with Crippen LogP contribution in [0.1, 0.15) is 12.5 Å². The van der Waals surface area contributed by atoms with E-state index in [2.05, 4.69) is 11.4 Å². The maximum atomic E-state index is 12.2. The van der Waals surface area contributed by atoms with Crippen molar-refractivity contribution in [3.8, 4) is 23.1 Å². The van der Waals surface area contributed by atoms with Gasteiger partial charge in [0.25, 0.3) is 0 Å². The first-order valence-corrected chi connectivity index (χ1v) is 8.83. The smallest absolute Gasteiger partial charge is 0.411 e. The van der Waals surface area contributed by atoms with E-state index in [9.17, 15) is 14.4 Å². The fourth-order valence-corrected chi connectivity index (χ4v) is 3.23. The van der Waals surface area contributed by atoms with Crippen LogP contribution in [0.5, 0.6) is 5.75 Å². The summed E-state index contributed by atoms with van der Waals surface area (Å²) in [5, 5.41) is 13.2.